The fraction of sp³-hybridized carbons (Fsp3) is 0. The van der Waals surface area contributed by atoms with Crippen molar-refractivity contribution in [2.45, 2.75) is 0 Å². The fourth-order valence-corrected chi connectivity index (χ4v) is 3.62. The first-order valence-corrected chi connectivity index (χ1v) is 9.40. The summed E-state index contributed by atoms with van der Waals surface area (Å²) in [6.07, 6.45) is 0. The Bertz CT molecular complexity index is 1170. The summed E-state index contributed by atoms with van der Waals surface area (Å²) in [6, 6.07) is 19.4. The maximum absolute atomic E-state index is 13.0. The van der Waals surface area contributed by atoms with Crippen molar-refractivity contribution in [1.82, 2.24) is 4.98 Å². The van der Waals surface area contributed by atoms with E-state index in [0.717, 1.165) is 21.5 Å². The van der Waals surface area contributed by atoms with Crippen molar-refractivity contribution in [2.24, 2.45) is 5.73 Å². The number of nitrogens with one attached hydrogen (secondary N) is 2. The molecule has 0 atom stereocenters. The first-order valence-electron chi connectivity index (χ1n) is 8.52. The summed E-state index contributed by atoms with van der Waals surface area (Å²) in [5.41, 5.74) is 8.24. The number of fused-ring (bicyclic) bond motifs is 1. The molecule has 0 aliphatic carbocycles. The Morgan fingerprint density at radius 1 is 0.893 bits per heavy atom. The van der Waals surface area contributed by atoms with Gasteiger partial charge in [0.25, 0.3) is 5.91 Å². The molecule has 2 heterocycles. The molecule has 0 saturated heterocycles. The zero-order valence-corrected chi connectivity index (χ0v) is 15.5. The molecule has 4 rings (SSSR count). The van der Waals surface area contributed by atoms with Crippen molar-refractivity contribution in [3.05, 3.63) is 77.7 Å². The zero-order chi connectivity index (χ0) is 19.5. The van der Waals surface area contributed by atoms with Crippen molar-refractivity contribution in [1.29, 1.82) is 0 Å². The lowest BCUT2D eigenvalue weighted by Gasteiger charge is -2.11. The number of hydrogen-bond acceptors (Lipinski definition) is 4. The van der Waals surface area contributed by atoms with Gasteiger partial charge in [-0.1, -0.05) is 30.3 Å². The van der Waals surface area contributed by atoms with Crippen molar-refractivity contribution < 1.29 is 9.59 Å². The third-order valence-electron chi connectivity index (χ3n) is 4.12. The standard InChI is InChI=1S/C21H16N4O2S/c22-21(27)24-14-6-3-5-13(11-14)23-20(26)16-12-18(19-9-4-10-28-19)25-17-8-2-1-7-15(16)17/h1-12H,(H,23,26)(H3,22,24,27). The highest BCUT2D eigenvalue weighted by Gasteiger charge is 2.15. The molecule has 2 aromatic carbocycles. The zero-order valence-electron chi connectivity index (χ0n) is 14.7. The number of para-hydroxylation sites is 1. The van der Waals surface area contributed by atoms with E-state index in [1.54, 1.807) is 41.7 Å². The van der Waals surface area contributed by atoms with E-state index in [1.165, 1.54) is 0 Å². The van der Waals surface area contributed by atoms with Gasteiger partial charge in [0.05, 0.1) is 21.7 Å². The number of nitrogens with two attached hydrogens (primary N) is 1. The average Bonchev–Trinajstić information content (AvgIpc) is 3.21. The van der Waals surface area contributed by atoms with E-state index in [9.17, 15) is 9.59 Å². The number of aromatic nitrogens is 1. The van der Waals surface area contributed by atoms with Crippen LogP contribution in [0.1, 0.15) is 10.4 Å². The number of thiophene rings is 1. The molecule has 6 nitrogen and oxygen atoms in total. The molecule has 0 saturated carbocycles. The molecule has 0 spiro atoms. The number of anilines is 2. The summed E-state index contributed by atoms with van der Waals surface area (Å²) in [5, 5.41) is 8.12. The third-order valence-corrected chi connectivity index (χ3v) is 5.01. The van der Waals surface area contributed by atoms with Gasteiger partial charge in [-0.15, -0.1) is 11.3 Å². The number of carbonyl (C=O) groups is 2. The highest BCUT2D eigenvalue weighted by atomic mass is 32.1. The molecule has 0 aliphatic rings. The highest BCUT2D eigenvalue weighted by molar-refractivity contribution is 7.13. The first kappa shape index (κ1) is 17.7. The smallest absolute Gasteiger partial charge is 0.316 e. The molecular weight excluding hydrogens is 372 g/mol. The third kappa shape index (κ3) is 3.70. The summed E-state index contributed by atoms with van der Waals surface area (Å²) in [5.74, 6) is -0.257. The monoisotopic (exact) mass is 388 g/mol. The lowest BCUT2D eigenvalue weighted by Crippen LogP contribution is -2.19. The van der Waals surface area contributed by atoms with Gasteiger partial charge in [0, 0.05) is 16.8 Å². The fourth-order valence-electron chi connectivity index (χ4n) is 2.93. The maximum Gasteiger partial charge on any atom is 0.316 e. The second-order valence-electron chi connectivity index (χ2n) is 6.07. The van der Waals surface area contributed by atoms with E-state index in [1.807, 2.05) is 41.8 Å². The van der Waals surface area contributed by atoms with Crippen molar-refractivity contribution >= 4 is 45.6 Å². The van der Waals surface area contributed by atoms with Crippen LogP contribution in [-0.4, -0.2) is 16.9 Å². The largest absolute Gasteiger partial charge is 0.351 e. The van der Waals surface area contributed by atoms with E-state index < -0.39 is 6.03 Å². The minimum absolute atomic E-state index is 0.257. The number of pyridine rings is 1. The van der Waals surface area contributed by atoms with Crippen LogP contribution in [-0.2, 0) is 0 Å². The van der Waals surface area contributed by atoms with Crippen molar-refractivity contribution in [2.75, 3.05) is 10.6 Å². The Labute approximate surface area is 165 Å². The minimum Gasteiger partial charge on any atom is -0.351 e. The highest BCUT2D eigenvalue weighted by Crippen LogP contribution is 2.28. The topological polar surface area (TPSA) is 97.1 Å². The number of urea groups is 1. The van der Waals surface area contributed by atoms with Crippen LogP contribution in [0.15, 0.2) is 72.1 Å². The number of primary amides is 1. The molecule has 0 aliphatic heterocycles. The van der Waals surface area contributed by atoms with Gasteiger partial charge in [0.1, 0.15) is 0 Å². The van der Waals surface area contributed by atoms with Gasteiger partial charge >= 0.3 is 6.03 Å². The van der Waals surface area contributed by atoms with Crippen LogP contribution in [0.3, 0.4) is 0 Å². The van der Waals surface area contributed by atoms with Crippen LogP contribution in [0.2, 0.25) is 0 Å². The Morgan fingerprint density at radius 3 is 2.43 bits per heavy atom. The second-order valence-corrected chi connectivity index (χ2v) is 7.02. The number of nitrogens with zero attached hydrogens (tertiary/aromatic N) is 1. The summed E-state index contributed by atoms with van der Waals surface area (Å²) in [6.45, 7) is 0. The van der Waals surface area contributed by atoms with E-state index in [4.69, 9.17) is 5.73 Å². The molecule has 3 amide bonds. The predicted molar refractivity (Wildman–Crippen MR) is 113 cm³/mol. The Morgan fingerprint density at radius 2 is 1.68 bits per heavy atom. The molecule has 0 fully saturated rings. The molecule has 4 N–H and O–H groups in total. The van der Waals surface area contributed by atoms with E-state index in [0.29, 0.717) is 16.9 Å². The van der Waals surface area contributed by atoms with Gasteiger partial charge < -0.3 is 16.4 Å². The van der Waals surface area contributed by atoms with Crippen LogP contribution in [0, 0.1) is 0 Å². The maximum atomic E-state index is 13.0. The second kappa shape index (κ2) is 7.50. The Kier molecular flexibility index (Phi) is 4.74. The molecule has 0 unspecified atom stereocenters. The quantitative estimate of drug-likeness (QED) is 0.472. The molecule has 138 valence electrons. The number of benzene rings is 2. The normalized spacial score (nSPS) is 10.6. The molecule has 2 aromatic heterocycles. The lowest BCUT2D eigenvalue weighted by atomic mass is 10.1. The van der Waals surface area contributed by atoms with Crippen LogP contribution in [0.5, 0.6) is 0 Å². The van der Waals surface area contributed by atoms with Crippen LogP contribution >= 0.6 is 11.3 Å². The van der Waals surface area contributed by atoms with E-state index >= 15 is 0 Å². The first-order chi connectivity index (χ1) is 13.6. The molecule has 7 heteroatoms. The van der Waals surface area contributed by atoms with Gasteiger partial charge in [-0.25, -0.2) is 9.78 Å². The SMILES string of the molecule is NC(=O)Nc1cccc(NC(=O)c2cc(-c3cccs3)nc3ccccc23)c1. The van der Waals surface area contributed by atoms with E-state index in [2.05, 4.69) is 15.6 Å². The summed E-state index contributed by atoms with van der Waals surface area (Å²) in [4.78, 5) is 29.8. The van der Waals surface area contributed by atoms with Crippen LogP contribution in [0.4, 0.5) is 16.2 Å². The van der Waals surface area contributed by atoms with Gasteiger partial charge in [0.15, 0.2) is 0 Å². The predicted octanol–water partition coefficient (Wildman–Crippen LogP) is 4.71. The van der Waals surface area contributed by atoms with E-state index in [-0.39, 0.29) is 5.91 Å². The van der Waals surface area contributed by atoms with Gasteiger partial charge in [0.2, 0.25) is 0 Å². The molecule has 4 aromatic rings. The number of carbonyl (C=O) groups excluding carboxylic acids is 2. The molecule has 0 radical (unpaired) electrons. The van der Waals surface area contributed by atoms with Crippen molar-refractivity contribution in [3.8, 4) is 10.6 Å². The Balaban J connectivity index is 1.72. The van der Waals surface area contributed by atoms with Crippen molar-refractivity contribution in [3.63, 3.8) is 0 Å². The van der Waals surface area contributed by atoms with Crippen LogP contribution in [0.25, 0.3) is 21.5 Å². The van der Waals surface area contributed by atoms with Crippen LogP contribution < -0.4 is 16.4 Å². The molecular formula is C21H16N4O2S. The van der Waals surface area contributed by atoms with Gasteiger partial charge in [-0.2, -0.15) is 0 Å². The molecule has 0 bridgehead atoms. The Hall–Kier alpha value is -3.71. The number of amides is 3. The number of rotatable bonds is 4. The van der Waals surface area contributed by atoms with Gasteiger partial charge in [-0.05, 0) is 41.8 Å². The number of hydrogen-bond donors (Lipinski definition) is 3. The summed E-state index contributed by atoms with van der Waals surface area (Å²) in [7, 11) is 0. The summed E-state index contributed by atoms with van der Waals surface area (Å²) < 4.78 is 0. The lowest BCUT2D eigenvalue weighted by molar-refractivity contribution is 0.102. The van der Waals surface area contributed by atoms with Gasteiger partial charge in [-0.3, -0.25) is 4.79 Å². The minimum atomic E-state index is -0.663. The average molecular weight is 388 g/mol. The summed E-state index contributed by atoms with van der Waals surface area (Å²) >= 11 is 1.57. The molecule has 28 heavy (non-hydrogen) atoms.